The van der Waals surface area contributed by atoms with Crippen LogP contribution in [0.2, 0.25) is 0 Å². The number of hydrogen-bond donors (Lipinski definition) is 2. The Hall–Kier alpha value is -2.71. The van der Waals surface area contributed by atoms with Crippen molar-refractivity contribution in [3.05, 3.63) is 59.7 Å². The van der Waals surface area contributed by atoms with Crippen LogP contribution in [0.3, 0.4) is 0 Å². The smallest absolute Gasteiger partial charge is 0.255 e. The molecule has 1 aliphatic heterocycles. The Kier molecular flexibility index (Phi) is 6.58. The van der Waals surface area contributed by atoms with E-state index in [2.05, 4.69) is 19.2 Å². The summed E-state index contributed by atoms with van der Waals surface area (Å²) in [5.41, 5.74) is 1.58. The molecule has 0 saturated carbocycles. The van der Waals surface area contributed by atoms with E-state index < -0.39 is 10.0 Å². The Morgan fingerprint density at radius 1 is 1.03 bits per heavy atom. The van der Waals surface area contributed by atoms with Gasteiger partial charge in [-0.25, -0.2) is 13.6 Å². The average Bonchev–Trinajstić information content (AvgIpc) is 2.67. The third-order valence-electron chi connectivity index (χ3n) is 5.20. The molecule has 0 spiro atoms. The fourth-order valence-corrected chi connectivity index (χ4v) is 4.47. The molecule has 8 heteroatoms. The molecule has 0 radical (unpaired) electrons. The molecule has 1 heterocycles. The number of nitrogens with two attached hydrogens (primary N) is 1. The number of carbonyl (C=O) groups is 2. The predicted octanol–water partition coefficient (Wildman–Crippen LogP) is 2.63. The molecular formula is C22H27N3O4S. The molecule has 7 nitrogen and oxygen atoms in total. The quantitative estimate of drug-likeness (QED) is 0.761. The Balaban J connectivity index is 1.71. The van der Waals surface area contributed by atoms with Gasteiger partial charge in [-0.05, 0) is 48.1 Å². The van der Waals surface area contributed by atoms with Gasteiger partial charge in [0.25, 0.3) is 5.91 Å². The van der Waals surface area contributed by atoms with E-state index in [0.717, 1.165) is 6.42 Å². The van der Waals surface area contributed by atoms with E-state index in [9.17, 15) is 18.0 Å². The number of rotatable bonds is 5. The van der Waals surface area contributed by atoms with Gasteiger partial charge in [0.2, 0.25) is 15.9 Å². The second-order valence-corrected chi connectivity index (χ2v) is 9.68. The highest BCUT2D eigenvalue weighted by atomic mass is 32.2. The number of hydrogen-bond acceptors (Lipinski definition) is 4. The first kappa shape index (κ1) is 22.0. The molecule has 1 saturated heterocycles. The topological polar surface area (TPSA) is 110 Å². The molecule has 1 fully saturated rings. The number of anilines is 1. The molecule has 2 atom stereocenters. The van der Waals surface area contributed by atoms with Gasteiger partial charge in [0, 0.05) is 13.1 Å². The van der Waals surface area contributed by atoms with Crippen LogP contribution in [0.4, 0.5) is 5.69 Å². The summed E-state index contributed by atoms with van der Waals surface area (Å²) in [5, 5.41) is 7.91. The number of amides is 2. The first-order valence-corrected chi connectivity index (χ1v) is 11.5. The highest BCUT2D eigenvalue weighted by Gasteiger charge is 2.27. The maximum Gasteiger partial charge on any atom is 0.255 e. The van der Waals surface area contributed by atoms with Gasteiger partial charge in [-0.15, -0.1) is 0 Å². The summed E-state index contributed by atoms with van der Waals surface area (Å²) >= 11 is 0. The van der Waals surface area contributed by atoms with Crippen molar-refractivity contribution >= 4 is 27.5 Å². The molecule has 0 bridgehead atoms. The number of likely N-dealkylation sites (tertiary alicyclic amines) is 1. The lowest BCUT2D eigenvalue weighted by atomic mass is 9.91. The van der Waals surface area contributed by atoms with Gasteiger partial charge in [-0.3, -0.25) is 9.59 Å². The van der Waals surface area contributed by atoms with Crippen molar-refractivity contribution in [2.75, 3.05) is 18.4 Å². The van der Waals surface area contributed by atoms with Crippen molar-refractivity contribution in [2.45, 2.75) is 31.6 Å². The van der Waals surface area contributed by atoms with Crippen molar-refractivity contribution in [3.8, 4) is 0 Å². The van der Waals surface area contributed by atoms with E-state index in [0.29, 0.717) is 41.7 Å². The van der Waals surface area contributed by atoms with Gasteiger partial charge in [-0.2, -0.15) is 0 Å². The van der Waals surface area contributed by atoms with Gasteiger partial charge >= 0.3 is 0 Å². The molecule has 2 aromatic rings. The molecule has 30 heavy (non-hydrogen) atoms. The maximum atomic E-state index is 13.1. The Morgan fingerprint density at radius 3 is 2.23 bits per heavy atom. The fraction of sp³-hybridized carbons (Fsp3) is 0.364. The summed E-state index contributed by atoms with van der Waals surface area (Å²) in [5.74, 6) is 0.514. The SMILES string of the molecule is CC1CC(C)CN(C(=O)c2ccccc2NC(=O)Cc2ccc(S(N)(=O)=O)cc2)C1. The summed E-state index contributed by atoms with van der Waals surface area (Å²) in [4.78, 5) is 27.5. The van der Waals surface area contributed by atoms with Crippen molar-refractivity contribution in [3.63, 3.8) is 0 Å². The number of para-hydroxylation sites is 1. The Bertz CT molecular complexity index is 1020. The number of piperidine rings is 1. The van der Waals surface area contributed by atoms with Crippen LogP contribution in [0.1, 0.15) is 36.2 Å². The van der Waals surface area contributed by atoms with Crippen LogP contribution in [-0.4, -0.2) is 38.2 Å². The van der Waals surface area contributed by atoms with Crippen molar-refractivity contribution in [1.29, 1.82) is 0 Å². The van der Waals surface area contributed by atoms with Crippen LogP contribution >= 0.6 is 0 Å². The molecule has 160 valence electrons. The van der Waals surface area contributed by atoms with Crippen LogP contribution in [0.25, 0.3) is 0 Å². The van der Waals surface area contributed by atoms with Crippen LogP contribution in [0.15, 0.2) is 53.4 Å². The molecule has 3 N–H and O–H groups in total. The number of primary sulfonamides is 1. The van der Waals surface area contributed by atoms with Crippen LogP contribution < -0.4 is 10.5 Å². The minimum atomic E-state index is -3.77. The number of carbonyl (C=O) groups excluding carboxylic acids is 2. The third-order valence-corrected chi connectivity index (χ3v) is 6.13. The van der Waals surface area contributed by atoms with E-state index in [1.54, 1.807) is 36.4 Å². The molecular weight excluding hydrogens is 402 g/mol. The molecule has 0 aromatic heterocycles. The minimum absolute atomic E-state index is 0.00686. The molecule has 2 unspecified atom stereocenters. The normalized spacial score (nSPS) is 19.4. The lowest BCUT2D eigenvalue weighted by molar-refractivity contribution is -0.115. The lowest BCUT2D eigenvalue weighted by Gasteiger charge is -2.35. The Morgan fingerprint density at radius 2 is 1.63 bits per heavy atom. The van der Waals surface area contributed by atoms with Gasteiger partial charge in [0.15, 0.2) is 0 Å². The molecule has 2 amide bonds. The fourth-order valence-electron chi connectivity index (χ4n) is 3.95. The van der Waals surface area contributed by atoms with E-state index in [4.69, 9.17) is 5.14 Å². The maximum absolute atomic E-state index is 13.1. The lowest BCUT2D eigenvalue weighted by Crippen LogP contribution is -2.42. The summed E-state index contributed by atoms with van der Waals surface area (Å²) < 4.78 is 22.7. The van der Waals surface area contributed by atoms with Crippen molar-refractivity contribution < 1.29 is 18.0 Å². The van der Waals surface area contributed by atoms with Gasteiger partial charge in [-0.1, -0.05) is 38.1 Å². The van der Waals surface area contributed by atoms with Crippen LogP contribution in [0.5, 0.6) is 0 Å². The molecule has 1 aliphatic rings. The van der Waals surface area contributed by atoms with Crippen molar-refractivity contribution in [2.24, 2.45) is 17.0 Å². The largest absolute Gasteiger partial charge is 0.338 e. The Labute approximate surface area is 177 Å². The zero-order valence-corrected chi connectivity index (χ0v) is 18.0. The summed E-state index contributed by atoms with van der Waals surface area (Å²) in [6.45, 7) is 5.71. The minimum Gasteiger partial charge on any atom is -0.338 e. The number of nitrogens with zero attached hydrogens (tertiary/aromatic N) is 1. The van der Waals surface area contributed by atoms with Gasteiger partial charge < -0.3 is 10.2 Å². The average molecular weight is 430 g/mol. The molecule has 3 rings (SSSR count). The van der Waals surface area contributed by atoms with E-state index in [1.165, 1.54) is 12.1 Å². The van der Waals surface area contributed by atoms with Crippen LogP contribution in [0, 0.1) is 11.8 Å². The third kappa shape index (κ3) is 5.46. The van der Waals surface area contributed by atoms with E-state index in [-0.39, 0.29) is 23.1 Å². The summed E-state index contributed by atoms with van der Waals surface area (Å²) in [6, 6.07) is 12.8. The van der Waals surface area contributed by atoms with Gasteiger partial charge in [0.05, 0.1) is 22.6 Å². The highest BCUT2D eigenvalue weighted by Crippen LogP contribution is 2.25. The van der Waals surface area contributed by atoms with Crippen LogP contribution in [-0.2, 0) is 21.2 Å². The first-order chi connectivity index (χ1) is 14.1. The van der Waals surface area contributed by atoms with Gasteiger partial charge in [0.1, 0.15) is 0 Å². The summed E-state index contributed by atoms with van der Waals surface area (Å²) in [7, 11) is -3.77. The second-order valence-electron chi connectivity index (χ2n) is 8.12. The molecule has 0 aliphatic carbocycles. The molecule has 2 aromatic carbocycles. The van der Waals surface area contributed by atoms with E-state index in [1.807, 2.05) is 4.90 Å². The zero-order chi connectivity index (χ0) is 21.9. The predicted molar refractivity (Wildman–Crippen MR) is 115 cm³/mol. The number of nitrogens with one attached hydrogen (secondary N) is 1. The zero-order valence-electron chi connectivity index (χ0n) is 17.2. The number of benzene rings is 2. The summed E-state index contributed by atoms with van der Waals surface area (Å²) in [6.07, 6.45) is 1.15. The monoisotopic (exact) mass is 429 g/mol. The first-order valence-electron chi connectivity index (χ1n) is 9.93. The standard InChI is InChI=1S/C22H27N3O4S/c1-15-11-16(2)14-25(13-15)22(27)19-5-3-4-6-20(19)24-21(26)12-17-7-9-18(10-8-17)30(23,28)29/h3-10,15-16H,11-14H2,1-2H3,(H,24,26)(H2,23,28,29). The van der Waals surface area contributed by atoms with Crippen molar-refractivity contribution in [1.82, 2.24) is 4.90 Å². The van der Waals surface area contributed by atoms with E-state index >= 15 is 0 Å². The number of sulfonamides is 1. The second kappa shape index (κ2) is 8.97. The highest BCUT2D eigenvalue weighted by molar-refractivity contribution is 7.89.